The molecule has 26 heavy (non-hydrogen) atoms. The second kappa shape index (κ2) is 7.21. The molecule has 0 aromatic carbocycles. The minimum atomic E-state index is -4.64. The topological polar surface area (TPSA) is 41.4 Å². The Morgan fingerprint density at radius 3 is 2.46 bits per heavy atom. The van der Waals surface area contributed by atoms with Crippen molar-refractivity contribution >= 4 is 5.91 Å². The predicted molar refractivity (Wildman–Crippen MR) is 92.0 cm³/mol. The van der Waals surface area contributed by atoms with E-state index in [0.29, 0.717) is 31.2 Å². The largest absolute Gasteiger partial charge is 0.435 e. The third-order valence-electron chi connectivity index (χ3n) is 5.52. The molecule has 0 saturated carbocycles. The van der Waals surface area contributed by atoms with Crippen LogP contribution in [0.4, 0.5) is 13.2 Å². The van der Waals surface area contributed by atoms with Gasteiger partial charge in [0.25, 0.3) is 5.91 Å². The van der Waals surface area contributed by atoms with Gasteiger partial charge in [-0.3, -0.25) is 9.48 Å². The Labute approximate surface area is 152 Å². The number of carbonyl (C=O) groups excluding carboxylic acids is 1. The molecule has 0 unspecified atom stereocenters. The van der Waals surface area contributed by atoms with Crippen LogP contribution in [-0.2, 0) is 6.18 Å². The molecule has 2 aliphatic rings. The van der Waals surface area contributed by atoms with Gasteiger partial charge in [0, 0.05) is 25.3 Å². The summed E-state index contributed by atoms with van der Waals surface area (Å²) in [6.45, 7) is 6.22. The van der Waals surface area contributed by atoms with Gasteiger partial charge in [-0.1, -0.05) is 6.92 Å². The number of carbonyl (C=O) groups is 1. The van der Waals surface area contributed by atoms with E-state index in [0.717, 1.165) is 32.2 Å². The van der Waals surface area contributed by atoms with Gasteiger partial charge in [0.2, 0.25) is 0 Å². The summed E-state index contributed by atoms with van der Waals surface area (Å²) in [5.41, 5.74) is -0.966. The molecule has 2 saturated heterocycles. The monoisotopic (exact) mass is 372 g/mol. The quantitative estimate of drug-likeness (QED) is 0.800. The molecule has 1 aromatic rings. The second-order valence-electron chi connectivity index (χ2n) is 7.81. The molecule has 1 aromatic heterocycles. The molecule has 0 bridgehead atoms. The van der Waals surface area contributed by atoms with Gasteiger partial charge in [0.05, 0.1) is 11.6 Å². The zero-order valence-electron chi connectivity index (χ0n) is 15.6. The molecule has 1 amide bonds. The Morgan fingerprint density at radius 1 is 1.15 bits per heavy atom. The molecule has 0 radical (unpaired) electrons. The van der Waals surface area contributed by atoms with Crippen molar-refractivity contribution in [2.45, 2.75) is 51.7 Å². The first-order valence-corrected chi connectivity index (χ1v) is 9.32. The van der Waals surface area contributed by atoms with E-state index >= 15 is 0 Å². The molecule has 2 aliphatic heterocycles. The highest BCUT2D eigenvalue weighted by molar-refractivity contribution is 5.96. The lowest BCUT2D eigenvalue weighted by Crippen LogP contribution is -2.40. The number of likely N-dealkylation sites (N-methyl/N-ethyl adjacent to an activating group) is 1. The van der Waals surface area contributed by atoms with E-state index in [1.54, 1.807) is 11.8 Å². The Balaban J connectivity index is 1.98. The van der Waals surface area contributed by atoms with Crippen molar-refractivity contribution in [1.82, 2.24) is 19.6 Å². The summed E-state index contributed by atoms with van der Waals surface area (Å²) < 4.78 is 42.3. The van der Waals surface area contributed by atoms with Gasteiger partial charge < -0.3 is 9.80 Å². The van der Waals surface area contributed by atoms with Crippen LogP contribution in [0.1, 0.15) is 60.4 Å². The van der Waals surface area contributed by atoms with Crippen LogP contribution < -0.4 is 0 Å². The molecule has 5 nitrogen and oxygen atoms in total. The maximum Gasteiger partial charge on any atom is 0.435 e. The minimum absolute atomic E-state index is 0.128. The highest BCUT2D eigenvalue weighted by Crippen LogP contribution is 2.35. The van der Waals surface area contributed by atoms with Crippen molar-refractivity contribution in [3.63, 3.8) is 0 Å². The number of piperidine rings is 2. The number of likely N-dealkylation sites (tertiary alicyclic amines) is 2. The number of aromatic nitrogens is 2. The highest BCUT2D eigenvalue weighted by Gasteiger charge is 2.43. The summed E-state index contributed by atoms with van der Waals surface area (Å²) in [5.74, 6) is -0.221. The van der Waals surface area contributed by atoms with Crippen molar-refractivity contribution in [3.05, 3.63) is 17.0 Å². The van der Waals surface area contributed by atoms with Crippen LogP contribution in [-0.4, -0.2) is 58.7 Å². The van der Waals surface area contributed by atoms with E-state index < -0.39 is 17.8 Å². The van der Waals surface area contributed by atoms with Crippen molar-refractivity contribution in [2.24, 2.45) is 5.92 Å². The zero-order valence-corrected chi connectivity index (χ0v) is 15.6. The van der Waals surface area contributed by atoms with E-state index in [4.69, 9.17) is 0 Å². The van der Waals surface area contributed by atoms with Crippen LogP contribution >= 0.6 is 0 Å². The van der Waals surface area contributed by atoms with Gasteiger partial charge in [0.15, 0.2) is 5.69 Å². The van der Waals surface area contributed by atoms with Gasteiger partial charge in [-0.05, 0) is 52.1 Å². The summed E-state index contributed by atoms with van der Waals surface area (Å²) in [4.78, 5) is 16.6. The molecule has 8 heteroatoms. The Bertz CT molecular complexity index is 670. The molecular formula is C18H27F3N4O. The molecule has 2 atom stereocenters. The third-order valence-corrected chi connectivity index (χ3v) is 5.52. The molecule has 0 spiro atoms. The number of halogens is 3. The lowest BCUT2D eigenvalue weighted by atomic mass is 9.99. The SMILES string of the molecule is Cc1c(C(=O)N2CCC[C@@H](C)C2)c(C(F)(F)F)nn1[C@H]1CCCN(C)C1. The number of hydrogen-bond acceptors (Lipinski definition) is 3. The fraction of sp³-hybridized carbons (Fsp3) is 0.778. The van der Waals surface area contributed by atoms with E-state index in [1.807, 2.05) is 14.0 Å². The van der Waals surface area contributed by atoms with Gasteiger partial charge in [0.1, 0.15) is 0 Å². The first-order valence-electron chi connectivity index (χ1n) is 9.32. The average molecular weight is 372 g/mol. The average Bonchev–Trinajstić information content (AvgIpc) is 2.92. The molecule has 0 aliphatic carbocycles. The number of nitrogens with zero attached hydrogens (tertiary/aromatic N) is 4. The van der Waals surface area contributed by atoms with Crippen LogP contribution in [0.25, 0.3) is 0 Å². The summed E-state index contributed by atoms with van der Waals surface area (Å²) >= 11 is 0. The Kier molecular flexibility index (Phi) is 5.33. The first kappa shape index (κ1) is 19.2. The summed E-state index contributed by atoms with van der Waals surface area (Å²) in [6, 6.07) is -0.128. The molecule has 2 fully saturated rings. The molecule has 3 heterocycles. The number of amides is 1. The van der Waals surface area contributed by atoms with Gasteiger partial charge in [-0.15, -0.1) is 0 Å². The van der Waals surface area contributed by atoms with E-state index in [1.165, 1.54) is 4.68 Å². The van der Waals surface area contributed by atoms with Gasteiger partial charge in [-0.25, -0.2) is 0 Å². The molecule has 0 N–H and O–H groups in total. The maximum atomic E-state index is 13.6. The Morgan fingerprint density at radius 2 is 1.85 bits per heavy atom. The zero-order chi connectivity index (χ0) is 19.1. The van der Waals surface area contributed by atoms with Crippen molar-refractivity contribution < 1.29 is 18.0 Å². The summed E-state index contributed by atoms with van der Waals surface area (Å²) in [6.07, 6.45) is -1.12. The van der Waals surface area contributed by atoms with Crippen molar-refractivity contribution in [2.75, 3.05) is 33.2 Å². The van der Waals surface area contributed by atoms with Crippen molar-refractivity contribution in [1.29, 1.82) is 0 Å². The lowest BCUT2D eigenvalue weighted by Gasteiger charge is -2.32. The van der Waals surface area contributed by atoms with Crippen LogP contribution in [0.3, 0.4) is 0 Å². The maximum absolute atomic E-state index is 13.6. The summed E-state index contributed by atoms with van der Waals surface area (Å²) in [5, 5.41) is 3.89. The van der Waals surface area contributed by atoms with Gasteiger partial charge >= 0.3 is 6.18 Å². The Hall–Kier alpha value is -1.57. The third kappa shape index (κ3) is 3.75. The first-order chi connectivity index (χ1) is 12.2. The van der Waals surface area contributed by atoms with Crippen molar-refractivity contribution in [3.8, 4) is 0 Å². The molecule has 146 valence electrons. The van der Waals surface area contributed by atoms with Crippen LogP contribution in [0.2, 0.25) is 0 Å². The number of rotatable bonds is 2. The fourth-order valence-electron chi connectivity index (χ4n) is 4.20. The molecular weight excluding hydrogens is 345 g/mol. The molecule has 3 rings (SSSR count). The lowest BCUT2D eigenvalue weighted by molar-refractivity contribution is -0.142. The van der Waals surface area contributed by atoms with Crippen LogP contribution in [0.5, 0.6) is 0 Å². The fourth-order valence-corrected chi connectivity index (χ4v) is 4.20. The van der Waals surface area contributed by atoms with E-state index in [2.05, 4.69) is 10.00 Å². The second-order valence-corrected chi connectivity index (χ2v) is 7.81. The highest BCUT2D eigenvalue weighted by atomic mass is 19.4. The minimum Gasteiger partial charge on any atom is -0.338 e. The number of alkyl halides is 3. The smallest absolute Gasteiger partial charge is 0.338 e. The predicted octanol–water partition coefficient (Wildman–Crippen LogP) is 3.35. The van der Waals surface area contributed by atoms with E-state index in [-0.39, 0.29) is 11.6 Å². The van der Waals surface area contributed by atoms with Crippen LogP contribution in [0, 0.1) is 12.8 Å². The number of hydrogen-bond donors (Lipinski definition) is 0. The van der Waals surface area contributed by atoms with E-state index in [9.17, 15) is 18.0 Å². The van der Waals surface area contributed by atoms with Gasteiger partial charge in [-0.2, -0.15) is 18.3 Å². The van der Waals surface area contributed by atoms with Crippen LogP contribution in [0.15, 0.2) is 0 Å². The standard InChI is InChI=1S/C18H27F3N4O/c1-12-6-4-9-24(10-12)17(26)15-13(2)25(22-16(15)18(19,20)21)14-7-5-8-23(3)11-14/h12,14H,4-11H2,1-3H3/t12-,14+/m1/s1. The summed E-state index contributed by atoms with van der Waals surface area (Å²) in [7, 11) is 1.96. The normalized spacial score (nSPS) is 25.5.